The summed E-state index contributed by atoms with van der Waals surface area (Å²) >= 11 is 0. The third-order valence-corrected chi connectivity index (χ3v) is 8.97. The van der Waals surface area contributed by atoms with Crippen LogP contribution in [0.25, 0.3) is 65.8 Å². The van der Waals surface area contributed by atoms with E-state index in [1.807, 2.05) is 6.20 Å². The maximum atomic E-state index is 5.01. The van der Waals surface area contributed by atoms with Gasteiger partial charge < -0.3 is 0 Å². The molecule has 1 heteroatoms. The highest BCUT2D eigenvalue weighted by Gasteiger charge is 2.37. The lowest BCUT2D eigenvalue weighted by Crippen LogP contribution is -2.14. The van der Waals surface area contributed by atoms with Crippen LogP contribution in [0.3, 0.4) is 0 Å². The molecule has 0 N–H and O–H groups in total. The van der Waals surface area contributed by atoms with Gasteiger partial charge in [0.2, 0.25) is 0 Å². The molecular formula is C39H29N. The van der Waals surface area contributed by atoms with Gasteiger partial charge in [0.1, 0.15) is 0 Å². The molecule has 1 aliphatic carbocycles. The van der Waals surface area contributed by atoms with Crippen LogP contribution in [0, 0.1) is 6.92 Å². The fourth-order valence-electron chi connectivity index (χ4n) is 7.12. The van der Waals surface area contributed by atoms with Crippen molar-refractivity contribution >= 4 is 32.3 Å². The Morgan fingerprint density at radius 3 is 2.00 bits per heavy atom. The average Bonchev–Trinajstić information content (AvgIpc) is 3.22. The highest BCUT2D eigenvalue weighted by Crippen LogP contribution is 2.54. The fourth-order valence-corrected chi connectivity index (χ4v) is 7.12. The number of rotatable bonds is 2. The van der Waals surface area contributed by atoms with Gasteiger partial charge in [0.05, 0.1) is 5.69 Å². The van der Waals surface area contributed by atoms with Crippen molar-refractivity contribution in [1.82, 2.24) is 4.98 Å². The molecule has 8 rings (SSSR count). The van der Waals surface area contributed by atoms with Gasteiger partial charge in [-0.3, -0.25) is 4.98 Å². The Kier molecular flexibility index (Phi) is 4.85. The van der Waals surface area contributed by atoms with Crippen molar-refractivity contribution in [2.45, 2.75) is 26.2 Å². The molecule has 1 aromatic heterocycles. The number of aryl methyl sites for hydroxylation is 1. The van der Waals surface area contributed by atoms with Crippen LogP contribution in [0.2, 0.25) is 0 Å². The number of pyridine rings is 1. The SMILES string of the molecule is Cc1ccc2c(-c3nccc4ccccc34)c3ccccc3c(-c3cccc4c3-c3ccccc3C4(C)C)c2c1. The quantitative estimate of drug-likeness (QED) is 0.210. The highest BCUT2D eigenvalue weighted by molar-refractivity contribution is 6.24. The highest BCUT2D eigenvalue weighted by atomic mass is 14.7. The summed E-state index contributed by atoms with van der Waals surface area (Å²) in [6.07, 6.45) is 1.95. The van der Waals surface area contributed by atoms with E-state index in [-0.39, 0.29) is 5.41 Å². The number of nitrogens with zero attached hydrogens (tertiary/aromatic N) is 1. The number of hydrogen-bond acceptors (Lipinski definition) is 1. The predicted octanol–water partition coefficient (Wildman–Crippen LogP) is 10.5. The number of aromatic nitrogens is 1. The van der Waals surface area contributed by atoms with Crippen molar-refractivity contribution in [2.24, 2.45) is 0 Å². The molecule has 0 unspecified atom stereocenters. The molecule has 0 amide bonds. The van der Waals surface area contributed by atoms with Gasteiger partial charge in [-0.25, -0.2) is 0 Å². The molecule has 0 saturated heterocycles. The summed E-state index contributed by atoms with van der Waals surface area (Å²) in [6, 6.07) is 42.4. The normalized spacial score (nSPS) is 13.6. The Labute approximate surface area is 234 Å². The molecule has 1 nitrogen and oxygen atoms in total. The van der Waals surface area contributed by atoms with Crippen LogP contribution in [-0.2, 0) is 5.41 Å². The van der Waals surface area contributed by atoms with E-state index in [1.165, 1.54) is 76.8 Å². The molecule has 40 heavy (non-hydrogen) atoms. The topological polar surface area (TPSA) is 12.9 Å². The second-order valence-corrected chi connectivity index (χ2v) is 11.6. The Bertz CT molecular complexity index is 2140. The molecule has 0 fully saturated rings. The van der Waals surface area contributed by atoms with Gasteiger partial charge in [-0.2, -0.15) is 0 Å². The van der Waals surface area contributed by atoms with Gasteiger partial charge in [0.15, 0.2) is 0 Å². The van der Waals surface area contributed by atoms with Crippen LogP contribution in [0.1, 0.15) is 30.5 Å². The summed E-state index contributed by atoms with van der Waals surface area (Å²) in [5, 5.41) is 7.41. The molecule has 6 aromatic carbocycles. The lowest BCUT2D eigenvalue weighted by molar-refractivity contribution is 0.660. The molecule has 7 aromatic rings. The van der Waals surface area contributed by atoms with Crippen molar-refractivity contribution in [1.29, 1.82) is 0 Å². The second kappa shape index (κ2) is 8.37. The Hall–Kier alpha value is -4.75. The van der Waals surface area contributed by atoms with Gasteiger partial charge in [-0.05, 0) is 73.3 Å². The first-order valence-corrected chi connectivity index (χ1v) is 14.1. The number of hydrogen-bond donors (Lipinski definition) is 0. The molecule has 0 saturated carbocycles. The number of benzene rings is 6. The van der Waals surface area contributed by atoms with E-state index in [9.17, 15) is 0 Å². The van der Waals surface area contributed by atoms with Crippen molar-refractivity contribution in [3.8, 4) is 33.5 Å². The third-order valence-electron chi connectivity index (χ3n) is 8.97. The van der Waals surface area contributed by atoms with Crippen molar-refractivity contribution < 1.29 is 0 Å². The minimum atomic E-state index is -0.0454. The van der Waals surface area contributed by atoms with Crippen LogP contribution in [-0.4, -0.2) is 4.98 Å². The fraction of sp³-hybridized carbons (Fsp3) is 0.103. The van der Waals surface area contributed by atoms with Crippen LogP contribution in [0.15, 0.2) is 121 Å². The van der Waals surface area contributed by atoms with Crippen molar-refractivity contribution in [3.05, 3.63) is 138 Å². The van der Waals surface area contributed by atoms with E-state index >= 15 is 0 Å². The second-order valence-electron chi connectivity index (χ2n) is 11.6. The maximum Gasteiger partial charge on any atom is 0.0792 e. The van der Waals surface area contributed by atoms with Gasteiger partial charge in [0, 0.05) is 22.6 Å². The molecule has 1 heterocycles. The van der Waals surface area contributed by atoms with E-state index in [1.54, 1.807) is 0 Å². The lowest BCUT2D eigenvalue weighted by atomic mass is 9.80. The molecule has 190 valence electrons. The minimum Gasteiger partial charge on any atom is -0.256 e. The third kappa shape index (κ3) is 3.12. The maximum absolute atomic E-state index is 5.01. The first-order chi connectivity index (χ1) is 19.5. The molecule has 0 bridgehead atoms. The van der Waals surface area contributed by atoms with E-state index in [0.29, 0.717) is 0 Å². The summed E-state index contributed by atoms with van der Waals surface area (Å²) < 4.78 is 0. The first kappa shape index (κ1) is 23.2. The van der Waals surface area contributed by atoms with Gasteiger partial charge >= 0.3 is 0 Å². The van der Waals surface area contributed by atoms with E-state index < -0.39 is 0 Å². The average molecular weight is 512 g/mol. The largest absolute Gasteiger partial charge is 0.256 e. The lowest BCUT2D eigenvalue weighted by Gasteiger charge is -2.23. The summed E-state index contributed by atoms with van der Waals surface area (Å²) in [5.41, 5.74) is 11.6. The Morgan fingerprint density at radius 1 is 0.500 bits per heavy atom. The zero-order valence-electron chi connectivity index (χ0n) is 23.0. The molecule has 0 spiro atoms. The summed E-state index contributed by atoms with van der Waals surface area (Å²) in [4.78, 5) is 5.01. The van der Waals surface area contributed by atoms with Crippen LogP contribution >= 0.6 is 0 Å². The van der Waals surface area contributed by atoms with Crippen LogP contribution in [0.5, 0.6) is 0 Å². The number of fused-ring (bicyclic) bond motifs is 6. The van der Waals surface area contributed by atoms with Gasteiger partial charge in [-0.1, -0.05) is 129 Å². The van der Waals surface area contributed by atoms with Crippen molar-refractivity contribution in [3.63, 3.8) is 0 Å². The van der Waals surface area contributed by atoms with Crippen LogP contribution < -0.4 is 0 Å². The van der Waals surface area contributed by atoms with E-state index in [0.717, 1.165) is 5.69 Å². The molecule has 0 radical (unpaired) electrons. The molecular weight excluding hydrogens is 482 g/mol. The summed E-state index contributed by atoms with van der Waals surface area (Å²) in [6.45, 7) is 6.91. The minimum absolute atomic E-state index is 0.0454. The monoisotopic (exact) mass is 511 g/mol. The van der Waals surface area contributed by atoms with E-state index in [2.05, 4.69) is 136 Å². The Morgan fingerprint density at radius 2 is 1.15 bits per heavy atom. The predicted molar refractivity (Wildman–Crippen MR) is 170 cm³/mol. The standard InChI is InChI=1S/C39H29N/c1-24-19-20-29-32(23-24)35(31-16-10-18-34-36(31)30-15-8-9-17-33(30)39(34,2)3)27-13-6-7-14-28(27)37(29)38-26-12-5-4-11-25(26)21-22-40-38/h4-23H,1-3H3. The van der Waals surface area contributed by atoms with Crippen LogP contribution in [0.4, 0.5) is 0 Å². The molecule has 0 aliphatic heterocycles. The van der Waals surface area contributed by atoms with Gasteiger partial charge in [0.25, 0.3) is 0 Å². The molecule has 0 atom stereocenters. The summed E-state index contributed by atoms with van der Waals surface area (Å²) in [7, 11) is 0. The zero-order valence-corrected chi connectivity index (χ0v) is 23.0. The first-order valence-electron chi connectivity index (χ1n) is 14.1. The zero-order chi connectivity index (χ0) is 27.0. The van der Waals surface area contributed by atoms with Crippen molar-refractivity contribution in [2.75, 3.05) is 0 Å². The Balaban J connectivity index is 1.57. The van der Waals surface area contributed by atoms with Gasteiger partial charge in [-0.15, -0.1) is 0 Å². The smallest absolute Gasteiger partial charge is 0.0792 e. The summed E-state index contributed by atoms with van der Waals surface area (Å²) in [5.74, 6) is 0. The van der Waals surface area contributed by atoms with E-state index in [4.69, 9.17) is 4.98 Å². The molecule has 1 aliphatic rings.